The highest BCUT2D eigenvalue weighted by Gasteiger charge is 2.21. The molecule has 0 amide bonds. The van der Waals surface area contributed by atoms with Crippen molar-refractivity contribution in [1.29, 1.82) is 0 Å². The van der Waals surface area contributed by atoms with Gasteiger partial charge in [0.1, 0.15) is 0 Å². The zero-order chi connectivity index (χ0) is 18.4. The average Bonchev–Trinajstić information content (AvgIpc) is 2.59. The highest BCUT2D eigenvalue weighted by atomic mass is 35.5. The van der Waals surface area contributed by atoms with Gasteiger partial charge in [-0.3, -0.25) is 4.98 Å². The van der Waals surface area contributed by atoms with Crippen LogP contribution in [0.2, 0.25) is 5.02 Å². The molecule has 0 radical (unpaired) electrons. The van der Waals surface area contributed by atoms with Crippen LogP contribution in [0, 0.1) is 6.92 Å². The number of aromatic nitrogens is 1. The molecule has 6 heteroatoms. The Hall–Kier alpha value is -1.69. The molecule has 1 aromatic heterocycles. The number of hydrogen-bond acceptors (Lipinski definition) is 2. The Morgan fingerprint density at radius 1 is 1.28 bits per heavy atom. The molecule has 0 spiro atoms. The summed E-state index contributed by atoms with van der Waals surface area (Å²) >= 11 is 12.0. The number of halogens is 1. The molecule has 2 rings (SSSR count). The van der Waals surface area contributed by atoms with Crippen molar-refractivity contribution in [2.75, 3.05) is 32.5 Å². The molecule has 25 heavy (non-hydrogen) atoms. The summed E-state index contributed by atoms with van der Waals surface area (Å²) in [7, 11) is 4.28. The van der Waals surface area contributed by atoms with Gasteiger partial charge in [0.25, 0.3) is 0 Å². The number of likely N-dealkylation sites (N-methyl/N-ethyl adjacent to an activating group) is 1. The summed E-state index contributed by atoms with van der Waals surface area (Å²) in [6, 6.07) is 11.9. The fourth-order valence-corrected chi connectivity index (χ4v) is 3.06. The first-order chi connectivity index (χ1) is 11.9. The van der Waals surface area contributed by atoms with Gasteiger partial charge in [-0.2, -0.15) is 0 Å². The molecule has 1 heterocycles. The van der Waals surface area contributed by atoms with Gasteiger partial charge in [0, 0.05) is 16.9 Å². The number of nitrogens with one attached hydrogen (secondary N) is 2. The van der Waals surface area contributed by atoms with Crippen LogP contribution in [0.15, 0.2) is 42.6 Å². The van der Waals surface area contributed by atoms with E-state index in [9.17, 15) is 0 Å². The molecular weight excluding hydrogens is 352 g/mol. The van der Waals surface area contributed by atoms with E-state index in [1.807, 2.05) is 49.5 Å². The molecule has 134 valence electrons. The lowest BCUT2D eigenvalue weighted by Crippen LogP contribution is -3.06. The summed E-state index contributed by atoms with van der Waals surface area (Å²) in [5.41, 5.74) is 2.94. The van der Waals surface area contributed by atoms with Crippen molar-refractivity contribution in [2.45, 2.75) is 19.9 Å². The molecule has 2 N–H and O–H groups in total. The van der Waals surface area contributed by atoms with Crippen molar-refractivity contribution in [3.05, 3.63) is 58.9 Å². The van der Waals surface area contributed by atoms with Crippen LogP contribution in [0.1, 0.15) is 24.2 Å². The van der Waals surface area contributed by atoms with Crippen molar-refractivity contribution in [3.8, 4) is 0 Å². The lowest BCUT2D eigenvalue weighted by atomic mass is 10.2. The molecule has 0 fully saturated rings. The van der Waals surface area contributed by atoms with E-state index in [2.05, 4.69) is 36.2 Å². The Kier molecular flexibility index (Phi) is 7.17. The van der Waals surface area contributed by atoms with Gasteiger partial charge in [0.2, 0.25) is 0 Å². The Balaban J connectivity index is 2.21. The highest BCUT2D eigenvalue weighted by molar-refractivity contribution is 7.80. The number of hydrogen-bond donors (Lipinski definition) is 2. The maximum atomic E-state index is 6.23. The van der Waals surface area contributed by atoms with Gasteiger partial charge in [-0.25, -0.2) is 0 Å². The first kappa shape index (κ1) is 19.6. The Bertz CT molecular complexity index is 706. The molecular formula is C19H26ClN4S+. The molecule has 0 aliphatic carbocycles. The summed E-state index contributed by atoms with van der Waals surface area (Å²) in [6.07, 6.45) is 1.82. The van der Waals surface area contributed by atoms with Crippen LogP contribution in [-0.2, 0) is 0 Å². The van der Waals surface area contributed by atoms with Crippen LogP contribution < -0.4 is 10.2 Å². The minimum absolute atomic E-state index is 0.0834. The maximum Gasteiger partial charge on any atom is 0.174 e. The Labute approximate surface area is 160 Å². The van der Waals surface area contributed by atoms with Crippen LogP contribution in [0.5, 0.6) is 0 Å². The zero-order valence-electron chi connectivity index (χ0n) is 15.2. The van der Waals surface area contributed by atoms with E-state index in [-0.39, 0.29) is 6.04 Å². The molecule has 0 saturated heterocycles. The standard InChI is InChI=1S/C19H25ClN4S/c1-14-16(20)8-7-10-17(14)22-19(25)24(13-12-23(3)4)15(2)18-9-5-6-11-21-18/h5-11,15H,12-13H2,1-4H3,(H,22,25)/p+1. The van der Waals surface area contributed by atoms with Crippen molar-refractivity contribution in [1.82, 2.24) is 9.88 Å². The quantitative estimate of drug-likeness (QED) is 0.758. The largest absolute Gasteiger partial charge is 0.338 e. The van der Waals surface area contributed by atoms with E-state index in [1.54, 1.807) is 0 Å². The number of benzene rings is 1. The molecule has 1 unspecified atom stereocenters. The van der Waals surface area contributed by atoms with Gasteiger partial charge in [0.05, 0.1) is 38.9 Å². The van der Waals surface area contributed by atoms with Crippen molar-refractivity contribution in [2.24, 2.45) is 0 Å². The van der Waals surface area contributed by atoms with Crippen molar-refractivity contribution >= 4 is 34.6 Å². The highest BCUT2D eigenvalue weighted by Crippen LogP contribution is 2.25. The maximum absolute atomic E-state index is 6.23. The fourth-order valence-electron chi connectivity index (χ4n) is 2.53. The lowest BCUT2D eigenvalue weighted by Gasteiger charge is -2.32. The molecule has 0 aliphatic rings. The van der Waals surface area contributed by atoms with E-state index in [0.717, 1.165) is 35.1 Å². The predicted octanol–water partition coefficient (Wildman–Crippen LogP) is 2.95. The number of thiocarbonyl (C=S) groups is 1. The van der Waals surface area contributed by atoms with Gasteiger partial charge in [0.15, 0.2) is 5.11 Å². The van der Waals surface area contributed by atoms with Crippen LogP contribution >= 0.6 is 23.8 Å². The van der Waals surface area contributed by atoms with E-state index in [0.29, 0.717) is 5.11 Å². The first-order valence-electron chi connectivity index (χ1n) is 8.43. The van der Waals surface area contributed by atoms with Crippen molar-refractivity contribution < 1.29 is 4.90 Å². The van der Waals surface area contributed by atoms with Gasteiger partial charge < -0.3 is 15.1 Å². The summed E-state index contributed by atoms with van der Waals surface area (Å²) in [5.74, 6) is 0. The predicted molar refractivity (Wildman–Crippen MR) is 109 cm³/mol. The van der Waals surface area contributed by atoms with E-state index >= 15 is 0 Å². The fraction of sp³-hybridized carbons (Fsp3) is 0.368. The third-order valence-electron chi connectivity index (χ3n) is 4.21. The number of nitrogens with zero attached hydrogens (tertiary/aromatic N) is 2. The normalized spacial score (nSPS) is 12.1. The monoisotopic (exact) mass is 377 g/mol. The molecule has 4 nitrogen and oxygen atoms in total. The summed E-state index contributed by atoms with van der Waals surface area (Å²) in [4.78, 5) is 8.05. The third-order valence-corrected chi connectivity index (χ3v) is 4.95. The second kappa shape index (κ2) is 9.13. The van der Waals surface area contributed by atoms with E-state index in [4.69, 9.17) is 23.8 Å². The summed E-state index contributed by atoms with van der Waals surface area (Å²) < 4.78 is 0. The number of pyridine rings is 1. The Morgan fingerprint density at radius 3 is 2.68 bits per heavy atom. The number of quaternary nitrogens is 1. The molecule has 1 aromatic carbocycles. The molecule has 0 saturated carbocycles. The molecule has 2 aromatic rings. The SMILES string of the molecule is Cc1c(Cl)cccc1NC(=S)N(CC[NH+](C)C)C(C)c1ccccn1. The van der Waals surface area contributed by atoms with Crippen LogP contribution in [0.3, 0.4) is 0 Å². The molecule has 1 atom stereocenters. The second-order valence-corrected chi connectivity index (χ2v) is 7.22. The minimum Gasteiger partial charge on any atom is -0.338 e. The van der Waals surface area contributed by atoms with Crippen LogP contribution in [0.4, 0.5) is 5.69 Å². The van der Waals surface area contributed by atoms with Gasteiger partial charge >= 0.3 is 0 Å². The number of rotatable bonds is 6. The zero-order valence-corrected chi connectivity index (χ0v) is 16.8. The van der Waals surface area contributed by atoms with Crippen LogP contribution in [-0.4, -0.2) is 42.2 Å². The summed E-state index contributed by atoms with van der Waals surface area (Å²) in [6.45, 7) is 5.94. The second-order valence-electron chi connectivity index (χ2n) is 6.42. The van der Waals surface area contributed by atoms with Crippen LogP contribution in [0.25, 0.3) is 0 Å². The summed E-state index contributed by atoms with van der Waals surface area (Å²) in [5, 5.41) is 4.78. The van der Waals surface area contributed by atoms with E-state index in [1.165, 1.54) is 4.90 Å². The third kappa shape index (κ3) is 5.39. The van der Waals surface area contributed by atoms with Gasteiger partial charge in [-0.1, -0.05) is 23.7 Å². The van der Waals surface area contributed by atoms with Gasteiger partial charge in [-0.05, 0) is 55.9 Å². The van der Waals surface area contributed by atoms with Crippen molar-refractivity contribution in [3.63, 3.8) is 0 Å². The Morgan fingerprint density at radius 2 is 2.04 bits per heavy atom. The number of anilines is 1. The lowest BCUT2D eigenvalue weighted by molar-refractivity contribution is -0.857. The minimum atomic E-state index is 0.0834. The van der Waals surface area contributed by atoms with E-state index < -0.39 is 0 Å². The van der Waals surface area contributed by atoms with Gasteiger partial charge in [-0.15, -0.1) is 0 Å². The smallest absolute Gasteiger partial charge is 0.174 e. The molecule has 0 bridgehead atoms. The average molecular weight is 378 g/mol. The first-order valence-corrected chi connectivity index (χ1v) is 9.21. The topological polar surface area (TPSA) is 32.6 Å². The molecule has 0 aliphatic heterocycles.